The van der Waals surface area contributed by atoms with E-state index in [1.165, 1.54) is 10.0 Å². The van der Waals surface area contributed by atoms with Gasteiger partial charge in [0.05, 0.1) is 0 Å². The molecule has 2 amide bonds. The second-order valence-electron chi connectivity index (χ2n) is 6.97. The number of hydrazine groups is 1. The first-order valence-corrected chi connectivity index (χ1v) is 9.24. The van der Waals surface area contributed by atoms with Gasteiger partial charge in [0, 0.05) is 34.2 Å². The van der Waals surface area contributed by atoms with Crippen LogP contribution in [-0.2, 0) is 35.5 Å². The molecule has 2 fully saturated rings. The van der Waals surface area contributed by atoms with Gasteiger partial charge in [0.15, 0.2) is 0 Å². The van der Waals surface area contributed by atoms with E-state index in [0.29, 0.717) is 18.7 Å². The maximum absolute atomic E-state index is 13.1. The SMILES string of the molecule is Cc1cc(C)c(C2(Cl)C(=O)N3CCCCN3C2=O)[c-]c1-c1ccccc1.[W]. The van der Waals surface area contributed by atoms with Crippen molar-refractivity contribution < 1.29 is 30.7 Å². The zero-order chi connectivity index (χ0) is 18.5. The fraction of sp³-hybridized carbons (Fsp3) is 0.333. The molecule has 0 radical (unpaired) electrons. The van der Waals surface area contributed by atoms with Crippen molar-refractivity contribution in [3.05, 3.63) is 59.2 Å². The van der Waals surface area contributed by atoms with Crippen molar-refractivity contribution in [2.45, 2.75) is 31.6 Å². The third kappa shape index (κ3) is 3.03. The van der Waals surface area contributed by atoms with Crippen molar-refractivity contribution in [1.29, 1.82) is 0 Å². The number of hydrogen-bond acceptors (Lipinski definition) is 2. The molecule has 2 aliphatic heterocycles. The molecule has 0 spiro atoms. The van der Waals surface area contributed by atoms with Crippen molar-refractivity contribution in [2.24, 2.45) is 0 Å². The molecule has 140 valence electrons. The summed E-state index contributed by atoms with van der Waals surface area (Å²) in [5.74, 6) is -0.711. The first-order chi connectivity index (χ1) is 12.4. The number of aryl methyl sites for hydroxylation is 2. The van der Waals surface area contributed by atoms with Crippen LogP contribution >= 0.6 is 11.6 Å². The van der Waals surface area contributed by atoms with Crippen LogP contribution in [0, 0.1) is 19.9 Å². The molecule has 2 aromatic carbocycles. The normalized spacial score (nSPS) is 18.3. The van der Waals surface area contributed by atoms with Crippen molar-refractivity contribution in [3.8, 4) is 11.1 Å². The molecule has 0 saturated carbocycles. The third-order valence-electron chi connectivity index (χ3n) is 5.22. The number of hydrogen-bond donors (Lipinski definition) is 0. The molecule has 6 heteroatoms. The van der Waals surface area contributed by atoms with Crippen molar-refractivity contribution >= 4 is 23.4 Å². The van der Waals surface area contributed by atoms with Crippen LogP contribution < -0.4 is 0 Å². The smallest absolute Gasteiger partial charge is 0.270 e. The van der Waals surface area contributed by atoms with E-state index in [9.17, 15) is 9.59 Å². The van der Waals surface area contributed by atoms with Crippen LogP contribution in [0.1, 0.15) is 29.5 Å². The summed E-state index contributed by atoms with van der Waals surface area (Å²) in [6, 6.07) is 15.1. The van der Waals surface area contributed by atoms with Gasteiger partial charge in [0.1, 0.15) is 0 Å². The molecule has 2 saturated heterocycles. The van der Waals surface area contributed by atoms with Crippen molar-refractivity contribution in [3.63, 3.8) is 0 Å². The molecule has 0 atom stereocenters. The fourth-order valence-corrected chi connectivity index (χ4v) is 4.29. The first kappa shape index (κ1) is 20.1. The van der Waals surface area contributed by atoms with E-state index >= 15 is 0 Å². The zero-order valence-electron chi connectivity index (χ0n) is 15.3. The van der Waals surface area contributed by atoms with Gasteiger partial charge in [-0.2, -0.15) is 0 Å². The van der Waals surface area contributed by atoms with Crippen LogP contribution in [-0.4, -0.2) is 34.9 Å². The summed E-state index contributed by atoms with van der Waals surface area (Å²) in [7, 11) is 0. The number of benzene rings is 2. The Morgan fingerprint density at radius 3 is 2.07 bits per heavy atom. The zero-order valence-corrected chi connectivity index (χ0v) is 19.0. The van der Waals surface area contributed by atoms with E-state index in [1.807, 2.05) is 50.2 Å². The molecule has 4 nitrogen and oxygen atoms in total. The molecule has 2 aliphatic rings. The molecule has 0 N–H and O–H groups in total. The number of carbonyl (C=O) groups excluding carboxylic acids is 2. The van der Waals surface area contributed by atoms with Gasteiger partial charge in [-0.3, -0.25) is 9.59 Å². The van der Waals surface area contributed by atoms with Crippen LogP contribution in [0.2, 0.25) is 0 Å². The minimum absolute atomic E-state index is 0. The Labute approximate surface area is 178 Å². The molecule has 4 rings (SSSR count). The number of rotatable bonds is 2. The fourth-order valence-electron chi connectivity index (χ4n) is 3.90. The largest absolute Gasteiger partial charge is 0.275 e. The van der Waals surface area contributed by atoms with E-state index in [1.54, 1.807) is 0 Å². The monoisotopic (exact) mass is 551 g/mol. The van der Waals surface area contributed by atoms with Crippen LogP contribution in [0.3, 0.4) is 0 Å². The molecular formula is C21H20ClN2O2W-. The second-order valence-corrected chi connectivity index (χ2v) is 7.54. The van der Waals surface area contributed by atoms with E-state index in [4.69, 9.17) is 11.6 Å². The van der Waals surface area contributed by atoms with Gasteiger partial charge in [0.25, 0.3) is 11.8 Å². The van der Waals surface area contributed by atoms with Crippen LogP contribution in [0.5, 0.6) is 0 Å². The Kier molecular flexibility index (Phi) is 5.51. The summed E-state index contributed by atoms with van der Waals surface area (Å²) < 4.78 is 0. The average Bonchev–Trinajstić information content (AvgIpc) is 2.85. The average molecular weight is 552 g/mol. The van der Waals surface area contributed by atoms with E-state index in [0.717, 1.165) is 35.1 Å². The summed E-state index contributed by atoms with van der Waals surface area (Å²) in [4.78, 5) is 24.4. The van der Waals surface area contributed by atoms with Gasteiger partial charge in [0.2, 0.25) is 4.87 Å². The van der Waals surface area contributed by atoms with Crippen LogP contribution in [0.15, 0.2) is 36.4 Å². The topological polar surface area (TPSA) is 40.6 Å². The first-order valence-electron chi connectivity index (χ1n) is 8.86. The summed E-state index contributed by atoms with van der Waals surface area (Å²) in [5, 5.41) is 3.02. The van der Waals surface area contributed by atoms with Crippen LogP contribution in [0.4, 0.5) is 0 Å². The Bertz CT molecular complexity index is 877. The molecule has 27 heavy (non-hydrogen) atoms. The van der Waals surface area contributed by atoms with Gasteiger partial charge < -0.3 is 0 Å². The summed E-state index contributed by atoms with van der Waals surface area (Å²) >= 11 is 6.78. The number of amides is 2. The Morgan fingerprint density at radius 1 is 0.963 bits per heavy atom. The van der Waals surface area contributed by atoms with Gasteiger partial charge in [-0.15, -0.1) is 28.8 Å². The predicted molar refractivity (Wildman–Crippen MR) is 100 cm³/mol. The Balaban J connectivity index is 0.00000210. The standard InChI is InChI=1S/C21H20ClN2O2.W/c1-14-12-15(2)18(13-17(14)16-8-4-3-5-9-16)21(22)19(25)23-10-6-7-11-24(23)20(21)26;/h3-5,8-9,12H,6-7,10-11H2,1-2H3;/q-1;. The number of fused-ring (bicyclic) bond motifs is 1. The van der Waals surface area contributed by atoms with Crippen molar-refractivity contribution in [2.75, 3.05) is 13.1 Å². The molecule has 0 aliphatic carbocycles. The van der Waals surface area contributed by atoms with E-state index in [2.05, 4.69) is 6.07 Å². The molecule has 2 aromatic rings. The predicted octanol–water partition coefficient (Wildman–Crippen LogP) is 3.58. The minimum atomic E-state index is -1.72. The maximum Gasteiger partial charge on any atom is 0.275 e. The van der Waals surface area contributed by atoms with Crippen LogP contribution in [0.25, 0.3) is 11.1 Å². The summed E-state index contributed by atoms with van der Waals surface area (Å²) in [5.41, 5.74) is 4.16. The minimum Gasteiger partial charge on any atom is -0.270 e. The Hall–Kier alpha value is -1.64. The number of halogens is 1. The quantitative estimate of drug-likeness (QED) is 0.325. The molecular weight excluding hydrogens is 532 g/mol. The van der Waals surface area contributed by atoms with E-state index in [-0.39, 0.29) is 32.9 Å². The summed E-state index contributed by atoms with van der Waals surface area (Å²) in [6.07, 6.45) is 1.77. The maximum atomic E-state index is 13.1. The molecule has 0 aromatic heterocycles. The van der Waals surface area contributed by atoms with Crippen molar-refractivity contribution in [1.82, 2.24) is 10.0 Å². The van der Waals surface area contributed by atoms with Gasteiger partial charge >= 0.3 is 0 Å². The van der Waals surface area contributed by atoms with E-state index < -0.39 is 4.87 Å². The number of nitrogens with zero attached hydrogens (tertiary/aromatic N) is 2. The van der Waals surface area contributed by atoms with Gasteiger partial charge in [-0.1, -0.05) is 66.9 Å². The summed E-state index contributed by atoms with van der Waals surface area (Å²) in [6.45, 7) is 4.96. The van der Waals surface area contributed by atoms with Gasteiger partial charge in [-0.25, -0.2) is 10.0 Å². The molecule has 2 heterocycles. The number of carbonyl (C=O) groups is 2. The molecule has 0 unspecified atom stereocenters. The second kappa shape index (κ2) is 7.41. The van der Waals surface area contributed by atoms with Gasteiger partial charge in [-0.05, 0) is 12.8 Å². The third-order valence-corrected chi connectivity index (χ3v) is 5.73. The number of alkyl halides is 1. The molecule has 0 bridgehead atoms. The Morgan fingerprint density at radius 2 is 1.52 bits per heavy atom.